The number of halogens is 2. The maximum atomic E-state index is 16.5. The van der Waals surface area contributed by atoms with Crippen molar-refractivity contribution >= 4 is 39.1 Å². The molecule has 0 bridgehead atoms. The first-order chi connectivity index (χ1) is 19.6. The lowest BCUT2D eigenvalue weighted by Crippen LogP contribution is -2.43. The van der Waals surface area contributed by atoms with Gasteiger partial charge in [0.15, 0.2) is 5.82 Å². The second-order valence-corrected chi connectivity index (χ2v) is 11.9. The molecule has 3 saturated heterocycles. The van der Waals surface area contributed by atoms with E-state index in [0.717, 1.165) is 62.8 Å². The summed E-state index contributed by atoms with van der Waals surface area (Å²) in [5.41, 5.74) is 1.16. The highest BCUT2D eigenvalue weighted by Crippen LogP contribution is 2.40. The van der Waals surface area contributed by atoms with E-state index in [9.17, 15) is 0 Å². The van der Waals surface area contributed by atoms with Crippen LogP contribution in [0.15, 0.2) is 42.6 Å². The van der Waals surface area contributed by atoms with Crippen molar-refractivity contribution in [1.29, 1.82) is 0 Å². The van der Waals surface area contributed by atoms with Gasteiger partial charge in [-0.1, -0.05) is 41.9 Å². The van der Waals surface area contributed by atoms with E-state index in [1.807, 2.05) is 43.4 Å². The van der Waals surface area contributed by atoms with Gasteiger partial charge in [0.25, 0.3) is 0 Å². The average Bonchev–Trinajstić information content (AvgIpc) is 3.69. The minimum atomic E-state index is -0.481. The molecule has 0 spiro atoms. The second-order valence-electron chi connectivity index (χ2n) is 11.5. The van der Waals surface area contributed by atoms with Gasteiger partial charge in [-0.2, -0.15) is 9.97 Å². The van der Waals surface area contributed by atoms with E-state index in [0.29, 0.717) is 34.3 Å². The first-order valence-corrected chi connectivity index (χ1v) is 14.8. The Kier molecular flexibility index (Phi) is 6.72. The van der Waals surface area contributed by atoms with E-state index >= 15 is 4.39 Å². The highest BCUT2D eigenvalue weighted by atomic mass is 35.5. The number of hydrogen-bond donors (Lipinski definition) is 1. The Hall–Kier alpha value is -3.07. The number of benzene rings is 2. The highest BCUT2D eigenvalue weighted by Gasteiger charge is 2.45. The molecule has 1 N–H and O–H groups in total. The topological polar surface area (TPSA) is 66.4 Å². The van der Waals surface area contributed by atoms with Gasteiger partial charge in [-0.05, 0) is 76.2 Å². The molecule has 3 aliphatic heterocycles. The van der Waals surface area contributed by atoms with Gasteiger partial charge < -0.3 is 15.0 Å². The van der Waals surface area contributed by atoms with Crippen molar-refractivity contribution in [2.24, 2.45) is 5.92 Å². The quantitative estimate of drug-likeness (QED) is 0.311. The van der Waals surface area contributed by atoms with Crippen LogP contribution in [0.1, 0.15) is 32.1 Å². The molecule has 0 amide bonds. The molecule has 208 valence electrons. The Bertz CT molecular complexity index is 1570. The Labute approximate surface area is 238 Å². The number of aromatic nitrogens is 3. The SMILES string of the molecule is CNC[C@@H]1CCN(c2nc(OCC34CCCN3CCC4)nc3c(F)c(-c4cccc5cccc(Cl)c45)ncc23)C1. The fraction of sp³-hybridized carbons (Fsp3) is 0.452. The number of fused-ring (bicyclic) bond motifs is 3. The van der Waals surface area contributed by atoms with Gasteiger partial charge in [-0.25, -0.2) is 4.39 Å². The van der Waals surface area contributed by atoms with Crippen molar-refractivity contribution in [3.05, 3.63) is 53.4 Å². The predicted octanol–water partition coefficient (Wildman–Crippen LogP) is 5.69. The molecule has 3 aliphatic rings. The van der Waals surface area contributed by atoms with Crippen LogP contribution in [-0.4, -0.2) is 71.8 Å². The number of nitrogens with zero attached hydrogens (tertiary/aromatic N) is 5. The molecule has 0 saturated carbocycles. The van der Waals surface area contributed by atoms with Crippen LogP contribution in [0.5, 0.6) is 6.01 Å². The zero-order valence-corrected chi connectivity index (χ0v) is 23.6. The van der Waals surface area contributed by atoms with Crippen molar-refractivity contribution in [2.45, 2.75) is 37.6 Å². The van der Waals surface area contributed by atoms with Crippen molar-refractivity contribution in [3.8, 4) is 17.3 Å². The maximum absolute atomic E-state index is 16.5. The minimum Gasteiger partial charge on any atom is -0.461 e. The summed E-state index contributed by atoms with van der Waals surface area (Å²) in [5.74, 6) is 0.712. The number of pyridine rings is 1. The third kappa shape index (κ3) is 4.37. The van der Waals surface area contributed by atoms with Crippen LogP contribution in [0.4, 0.5) is 10.2 Å². The van der Waals surface area contributed by atoms with E-state index in [-0.39, 0.29) is 22.8 Å². The summed E-state index contributed by atoms with van der Waals surface area (Å²) in [4.78, 5) is 19.0. The molecule has 5 heterocycles. The molecule has 3 fully saturated rings. The van der Waals surface area contributed by atoms with Crippen LogP contribution in [0.2, 0.25) is 5.02 Å². The second kappa shape index (κ2) is 10.4. The lowest BCUT2D eigenvalue weighted by Gasteiger charge is -2.31. The maximum Gasteiger partial charge on any atom is 0.319 e. The first-order valence-electron chi connectivity index (χ1n) is 14.4. The summed E-state index contributed by atoms with van der Waals surface area (Å²) in [7, 11) is 1.98. The summed E-state index contributed by atoms with van der Waals surface area (Å²) in [6.45, 7) is 5.37. The van der Waals surface area contributed by atoms with Gasteiger partial charge in [0.2, 0.25) is 0 Å². The number of hydrogen-bond acceptors (Lipinski definition) is 7. The lowest BCUT2D eigenvalue weighted by atomic mass is 9.95. The molecule has 2 aromatic heterocycles. The zero-order chi connectivity index (χ0) is 27.3. The van der Waals surface area contributed by atoms with Gasteiger partial charge in [0, 0.05) is 35.3 Å². The standard InChI is InChI=1S/C31H34ClFN6O/c1-34-16-20-10-15-38(18-20)29-23-17-35-27(22-8-2-6-21-7-3-9-24(32)25(21)22)26(33)28(23)36-30(37-29)40-19-31-11-4-13-39(31)14-5-12-31/h2-3,6-9,17,20,34H,4-5,10-16,18-19H2,1H3/t20-/m0/s1. The Morgan fingerprint density at radius 2 is 1.90 bits per heavy atom. The minimum absolute atomic E-state index is 0.0473. The number of ether oxygens (including phenoxy) is 1. The van der Waals surface area contributed by atoms with Gasteiger partial charge >= 0.3 is 6.01 Å². The largest absolute Gasteiger partial charge is 0.461 e. The van der Waals surface area contributed by atoms with Gasteiger partial charge in [0.1, 0.15) is 23.6 Å². The number of rotatable bonds is 7. The predicted molar refractivity (Wildman–Crippen MR) is 158 cm³/mol. The van der Waals surface area contributed by atoms with E-state index in [1.54, 1.807) is 6.20 Å². The summed E-state index contributed by atoms with van der Waals surface area (Å²) in [6.07, 6.45) is 7.37. The average molecular weight is 561 g/mol. The van der Waals surface area contributed by atoms with E-state index in [2.05, 4.69) is 25.1 Å². The fourth-order valence-corrected chi connectivity index (χ4v) is 7.43. The lowest BCUT2D eigenvalue weighted by molar-refractivity contribution is 0.108. The van der Waals surface area contributed by atoms with Crippen LogP contribution < -0.4 is 15.0 Å². The highest BCUT2D eigenvalue weighted by molar-refractivity contribution is 6.36. The van der Waals surface area contributed by atoms with Crippen LogP contribution in [0.3, 0.4) is 0 Å². The van der Waals surface area contributed by atoms with E-state index in [1.165, 1.54) is 12.8 Å². The van der Waals surface area contributed by atoms with Gasteiger partial charge in [-0.15, -0.1) is 0 Å². The van der Waals surface area contributed by atoms with E-state index < -0.39 is 5.82 Å². The zero-order valence-electron chi connectivity index (χ0n) is 22.8. The van der Waals surface area contributed by atoms with Gasteiger partial charge in [-0.3, -0.25) is 9.88 Å². The summed E-state index contributed by atoms with van der Waals surface area (Å²) in [6, 6.07) is 11.7. The van der Waals surface area contributed by atoms with Crippen molar-refractivity contribution in [1.82, 2.24) is 25.2 Å². The van der Waals surface area contributed by atoms with Crippen LogP contribution in [-0.2, 0) is 0 Å². The van der Waals surface area contributed by atoms with Crippen LogP contribution >= 0.6 is 11.6 Å². The molecule has 1 atom stereocenters. The first kappa shape index (κ1) is 25.9. The molecule has 0 aliphatic carbocycles. The molecular formula is C31H34ClFN6O. The third-order valence-corrected chi connectivity index (χ3v) is 9.43. The number of nitrogens with one attached hydrogen (secondary N) is 1. The Morgan fingerprint density at radius 1 is 1.10 bits per heavy atom. The van der Waals surface area contributed by atoms with E-state index in [4.69, 9.17) is 21.3 Å². The molecule has 7 nitrogen and oxygen atoms in total. The summed E-state index contributed by atoms with van der Waals surface area (Å²) in [5, 5.41) is 6.16. The fourth-order valence-electron chi connectivity index (χ4n) is 7.15. The monoisotopic (exact) mass is 560 g/mol. The molecule has 2 aromatic carbocycles. The molecule has 0 radical (unpaired) electrons. The summed E-state index contributed by atoms with van der Waals surface area (Å²) < 4.78 is 22.9. The molecular weight excluding hydrogens is 527 g/mol. The molecule has 40 heavy (non-hydrogen) atoms. The molecule has 9 heteroatoms. The molecule has 7 rings (SSSR count). The van der Waals surface area contributed by atoms with Crippen molar-refractivity contribution in [2.75, 3.05) is 51.3 Å². The van der Waals surface area contributed by atoms with Crippen LogP contribution in [0, 0.1) is 11.7 Å². The molecule has 4 aromatic rings. The van der Waals surface area contributed by atoms with Crippen LogP contribution in [0.25, 0.3) is 32.9 Å². The van der Waals surface area contributed by atoms with Crippen molar-refractivity contribution in [3.63, 3.8) is 0 Å². The normalized spacial score (nSPS) is 20.6. The van der Waals surface area contributed by atoms with Gasteiger partial charge in [0.05, 0.1) is 10.9 Å². The number of anilines is 1. The Morgan fingerprint density at radius 3 is 2.70 bits per heavy atom. The summed E-state index contributed by atoms with van der Waals surface area (Å²) >= 11 is 6.59. The Balaban J connectivity index is 1.33. The smallest absolute Gasteiger partial charge is 0.319 e. The third-order valence-electron chi connectivity index (χ3n) is 9.11. The van der Waals surface area contributed by atoms with Crippen molar-refractivity contribution < 1.29 is 9.13 Å². The molecule has 0 unspecified atom stereocenters.